The average molecular weight is 431 g/mol. The Morgan fingerprint density at radius 3 is 2.86 bits per heavy atom. The van der Waals surface area contributed by atoms with Crippen LogP contribution in [0.5, 0.6) is 5.75 Å². The summed E-state index contributed by atoms with van der Waals surface area (Å²) in [4.78, 5) is 12.6. The molecule has 2 heterocycles. The SMILES string of the molecule is CCOc1ccc(S(=O)(=O)N2CCC[C@H](C(=O)NC[C@@H]3CCCO3)C2)cc1Cl. The van der Waals surface area contributed by atoms with Crippen molar-refractivity contribution >= 4 is 27.5 Å². The summed E-state index contributed by atoms with van der Waals surface area (Å²) in [6.07, 6.45) is 3.35. The molecule has 2 saturated heterocycles. The van der Waals surface area contributed by atoms with E-state index in [0.717, 1.165) is 19.4 Å². The fourth-order valence-electron chi connectivity index (χ4n) is 3.60. The van der Waals surface area contributed by atoms with Crippen molar-refractivity contribution in [3.05, 3.63) is 23.2 Å². The van der Waals surface area contributed by atoms with Crippen molar-refractivity contribution in [1.29, 1.82) is 0 Å². The Balaban J connectivity index is 1.65. The van der Waals surface area contributed by atoms with Gasteiger partial charge in [0.25, 0.3) is 0 Å². The van der Waals surface area contributed by atoms with Gasteiger partial charge >= 0.3 is 0 Å². The number of nitrogens with one attached hydrogen (secondary N) is 1. The standard InChI is InChI=1S/C19H27ClN2O5S/c1-2-26-18-8-7-16(11-17(18)20)28(24,25)22-9-3-5-14(13-22)19(23)21-12-15-6-4-10-27-15/h7-8,11,14-15H,2-6,9-10,12-13H2,1H3,(H,21,23)/t14-,15-/m0/s1. The second kappa shape index (κ2) is 9.43. The van der Waals surface area contributed by atoms with Gasteiger partial charge in [-0.1, -0.05) is 11.6 Å². The predicted octanol–water partition coefficient (Wildman–Crippen LogP) is 2.43. The van der Waals surface area contributed by atoms with Gasteiger partial charge in [0.15, 0.2) is 0 Å². The van der Waals surface area contributed by atoms with E-state index in [1.807, 2.05) is 6.92 Å². The largest absolute Gasteiger partial charge is 0.492 e. The zero-order valence-electron chi connectivity index (χ0n) is 16.0. The minimum absolute atomic E-state index is 0.0679. The first-order valence-corrected chi connectivity index (χ1v) is 11.6. The van der Waals surface area contributed by atoms with Gasteiger partial charge in [0, 0.05) is 26.2 Å². The molecule has 156 valence electrons. The Labute approximate surface area is 171 Å². The molecule has 2 aliphatic rings. The topological polar surface area (TPSA) is 84.9 Å². The number of piperidine rings is 1. The summed E-state index contributed by atoms with van der Waals surface area (Å²) in [6, 6.07) is 4.46. The van der Waals surface area contributed by atoms with E-state index in [0.29, 0.717) is 38.3 Å². The summed E-state index contributed by atoms with van der Waals surface area (Å²) in [5.74, 6) is -0.0172. The molecule has 2 atom stereocenters. The first-order chi connectivity index (χ1) is 13.4. The number of hydrogen-bond donors (Lipinski definition) is 1. The van der Waals surface area contributed by atoms with Crippen molar-refractivity contribution in [2.75, 3.05) is 32.8 Å². The molecule has 0 bridgehead atoms. The minimum atomic E-state index is -3.72. The zero-order chi connectivity index (χ0) is 20.1. The molecular formula is C19H27ClN2O5S. The van der Waals surface area contributed by atoms with Crippen molar-refractivity contribution in [2.45, 2.75) is 43.6 Å². The fourth-order valence-corrected chi connectivity index (χ4v) is 5.45. The number of halogens is 1. The molecule has 1 amide bonds. The van der Waals surface area contributed by atoms with Crippen LogP contribution in [0.3, 0.4) is 0 Å². The van der Waals surface area contributed by atoms with Crippen LogP contribution in [0.2, 0.25) is 5.02 Å². The average Bonchev–Trinajstić information content (AvgIpc) is 3.21. The predicted molar refractivity (Wildman–Crippen MR) is 106 cm³/mol. The van der Waals surface area contributed by atoms with Crippen LogP contribution in [-0.4, -0.2) is 57.6 Å². The Hall–Kier alpha value is -1.35. The summed E-state index contributed by atoms with van der Waals surface area (Å²) < 4.78 is 38.3. The first kappa shape index (κ1) is 21.4. The van der Waals surface area contributed by atoms with E-state index in [1.165, 1.54) is 16.4 Å². The molecule has 0 radical (unpaired) electrons. The monoisotopic (exact) mass is 430 g/mol. The van der Waals surface area contributed by atoms with Gasteiger partial charge in [-0.05, 0) is 50.8 Å². The Morgan fingerprint density at radius 2 is 2.18 bits per heavy atom. The third kappa shape index (κ3) is 4.97. The highest BCUT2D eigenvalue weighted by atomic mass is 35.5. The maximum absolute atomic E-state index is 13.0. The van der Waals surface area contributed by atoms with Gasteiger partial charge in [-0.3, -0.25) is 4.79 Å². The maximum Gasteiger partial charge on any atom is 0.243 e. The van der Waals surface area contributed by atoms with Gasteiger partial charge in [-0.2, -0.15) is 4.31 Å². The van der Waals surface area contributed by atoms with Gasteiger partial charge in [0.05, 0.1) is 28.5 Å². The number of carbonyl (C=O) groups is 1. The first-order valence-electron chi connectivity index (χ1n) is 9.73. The highest BCUT2D eigenvalue weighted by molar-refractivity contribution is 7.89. The van der Waals surface area contributed by atoms with Crippen molar-refractivity contribution in [3.8, 4) is 5.75 Å². The molecule has 0 saturated carbocycles. The number of ether oxygens (including phenoxy) is 2. The van der Waals surface area contributed by atoms with Crippen molar-refractivity contribution in [2.24, 2.45) is 5.92 Å². The molecule has 7 nitrogen and oxygen atoms in total. The van der Waals surface area contributed by atoms with Crippen LogP contribution in [0, 0.1) is 5.92 Å². The molecule has 0 aliphatic carbocycles. The smallest absolute Gasteiger partial charge is 0.243 e. The molecule has 0 aromatic heterocycles. The molecular weight excluding hydrogens is 404 g/mol. The van der Waals surface area contributed by atoms with Crippen molar-refractivity contribution in [1.82, 2.24) is 9.62 Å². The molecule has 2 aliphatic heterocycles. The van der Waals surface area contributed by atoms with E-state index in [1.54, 1.807) is 6.07 Å². The number of carbonyl (C=O) groups excluding carboxylic acids is 1. The lowest BCUT2D eigenvalue weighted by Crippen LogP contribution is -2.46. The van der Waals surface area contributed by atoms with Gasteiger partial charge in [0.1, 0.15) is 5.75 Å². The highest BCUT2D eigenvalue weighted by Crippen LogP contribution is 2.30. The second-order valence-corrected chi connectivity index (χ2v) is 9.45. The van der Waals surface area contributed by atoms with Crippen LogP contribution < -0.4 is 10.1 Å². The number of sulfonamides is 1. The molecule has 2 fully saturated rings. The second-order valence-electron chi connectivity index (χ2n) is 7.11. The number of rotatable bonds is 7. The molecule has 0 unspecified atom stereocenters. The summed E-state index contributed by atoms with van der Waals surface area (Å²) in [6.45, 7) is 4.06. The van der Waals surface area contributed by atoms with E-state index in [4.69, 9.17) is 21.1 Å². The molecule has 9 heteroatoms. The molecule has 1 aromatic carbocycles. The third-order valence-corrected chi connectivity index (χ3v) is 7.28. The third-order valence-electron chi connectivity index (χ3n) is 5.12. The normalized spacial score (nSPS) is 23.5. The van der Waals surface area contributed by atoms with Gasteiger partial charge < -0.3 is 14.8 Å². The van der Waals surface area contributed by atoms with Crippen molar-refractivity contribution < 1.29 is 22.7 Å². The summed E-state index contributed by atoms with van der Waals surface area (Å²) >= 11 is 6.15. The number of nitrogens with zero attached hydrogens (tertiary/aromatic N) is 1. The lowest BCUT2D eigenvalue weighted by molar-refractivity contribution is -0.126. The number of benzene rings is 1. The van der Waals surface area contributed by atoms with Crippen molar-refractivity contribution in [3.63, 3.8) is 0 Å². The van der Waals surface area contributed by atoms with Crippen LogP contribution in [-0.2, 0) is 19.6 Å². The molecule has 1 aromatic rings. The van der Waals surface area contributed by atoms with Crippen LogP contribution >= 0.6 is 11.6 Å². The van der Waals surface area contributed by atoms with Crippen LogP contribution in [0.25, 0.3) is 0 Å². The van der Waals surface area contributed by atoms with E-state index in [-0.39, 0.29) is 34.4 Å². The quantitative estimate of drug-likeness (QED) is 0.718. The van der Waals surface area contributed by atoms with E-state index in [9.17, 15) is 13.2 Å². The molecule has 1 N–H and O–H groups in total. The maximum atomic E-state index is 13.0. The van der Waals surface area contributed by atoms with E-state index >= 15 is 0 Å². The lowest BCUT2D eigenvalue weighted by atomic mass is 9.99. The summed E-state index contributed by atoms with van der Waals surface area (Å²) in [5.41, 5.74) is 0. The number of amides is 1. The Bertz CT molecular complexity index is 796. The Kier molecular flexibility index (Phi) is 7.20. The van der Waals surface area contributed by atoms with Gasteiger partial charge in [0.2, 0.25) is 15.9 Å². The van der Waals surface area contributed by atoms with Gasteiger partial charge in [-0.15, -0.1) is 0 Å². The zero-order valence-corrected chi connectivity index (χ0v) is 17.6. The van der Waals surface area contributed by atoms with Crippen LogP contribution in [0.1, 0.15) is 32.6 Å². The van der Waals surface area contributed by atoms with Crippen LogP contribution in [0.15, 0.2) is 23.1 Å². The lowest BCUT2D eigenvalue weighted by Gasteiger charge is -2.31. The fraction of sp³-hybridized carbons (Fsp3) is 0.632. The van der Waals surface area contributed by atoms with Gasteiger partial charge in [-0.25, -0.2) is 8.42 Å². The molecule has 28 heavy (non-hydrogen) atoms. The summed E-state index contributed by atoms with van der Waals surface area (Å²) in [7, 11) is -3.72. The van der Waals surface area contributed by atoms with E-state index < -0.39 is 10.0 Å². The molecule has 3 rings (SSSR count). The number of hydrogen-bond acceptors (Lipinski definition) is 5. The minimum Gasteiger partial charge on any atom is -0.492 e. The highest BCUT2D eigenvalue weighted by Gasteiger charge is 2.34. The van der Waals surface area contributed by atoms with Crippen LogP contribution in [0.4, 0.5) is 0 Å². The van der Waals surface area contributed by atoms with E-state index in [2.05, 4.69) is 5.32 Å². The Morgan fingerprint density at radius 1 is 1.36 bits per heavy atom. The summed E-state index contributed by atoms with van der Waals surface area (Å²) in [5, 5.41) is 3.17. The molecule has 0 spiro atoms.